The van der Waals surface area contributed by atoms with Crippen molar-refractivity contribution in [1.82, 2.24) is 4.37 Å². The molecule has 0 fully saturated rings. The Bertz CT molecular complexity index is 996. The third-order valence-electron chi connectivity index (χ3n) is 4.21. The number of fused-ring (bicyclic) bond motifs is 1. The van der Waals surface area contributed by atoms with Gasteiger partial charge in [-0.15, -0.1) is 0 Å². The molecule has 1 aliphatic rings. The van der Waals surface area contributed by atoms with Gasteiger partial charge in [0.2, 0.25) is 12.1 Å². The maximum atomic E-state index is 14.6. The summed E-state index contributed by atoms with van der Waals surface area (Å²) in [6.07, 6.45) is -9.98. The number of primary amides is 1. The molecule has 2 N–H and O–H groups in total. The number of amides is 1. The number of carbonyl (C=O) groups excluding carboxylic acids is 1. The van der Waals surface area contributed by atoms with E-state index in [4.69, 9.17) is 22.1 Å². The number of rotatable bonds is 5. The van der Waals surface area contributed by atoms with Gasteiger partial charge in [0.1, 0.15) is 10.8 Å². The standard InChI is InChI=1S/C16H11ClF7N3O2S/c1-6-11(17)12(30-26-6)27-8-4-7(5-10(25)28)2-3-9(8)29-13(27)14(18,19)15(20,21)16(22,23)24/h2-4,13H,5H2,1H3,(H2,25,28). The molecule has 1 amide bonds. The Balaban J connectivity index is 2.18. The molecule has 0 bridgehead atoms. The number of ether oxygens (including phenoxy) is 1. The molecule has 5 nitrogen and oxygen atoms in total. The Labute approximate surface area is 173 Å². The predicted octanol–water partition coefficient (Wildman–Crippen LogP) is 4.82. The number of anilines is 2. The molecule has 1 aliphatic heterocycles. The zero-order valence-electron chi connectivity index (χ0n) is 14.7. The second-order valence-electron chi connectivity index (χ2n) is 6.37. The van der Waals surface area contributed by atoms with E-state index in [0.29, 0.717) is 16.4 Å². The van der Waals surface area contributed by atoms with Crippen molar-refractivity contribution in [3.8, 4) is 5.75 Å². The molecule has 164 valence electrons. The van der Waals surface area contributed by atoms with Crippen molar-refractivity contribution in [3.05, 3.63) is 34.5 Å². The average molecular weight is 478 g/mol. The molecule has 0 aliphatic carbocycles. The van der Waals surface area contributed by atoms with E-state index >= 15 is 0 Å². The summed E-state index contributed by atoms with van der Waals surface area (Å²) >= 11 is 6.53. The van der Waals surface area contributed by atoms with Crippen molar-refractivity contribution in [2.45, 2.75) is 37.6 Å². The number of nitrogens with zero attached hydrogens (tertiary/aromatic N) is 2. The molecule has 14 heteroatoms. The van der Waals surface area contributed by atoms with Crippen LogP contribution >= 0.6 is 23.1 Å². The maximum Gasteiger partial charge on any atom is 0.460 e. The van der Waals surface area contributed by atoms with Gasteiger partial charge in [0.15, 0.2) is 0 Å². The van der Waals surface area contributed by atoms with Crippen molar-refractivity contribution in [3.63, 3.8) is 0 Å². The van der Waals surface area contributed by atoms with E-state index < -0.39 is 35.9 Å². The molecule has 0 spiro atoms. The Morgan fingerprint density at radius 2 is 1.90 bits per heavy atom. The van der Waals surface area contributed by atoms with Gasteiger partial charge in [0.05, 0.1) is 22.8 Å². The molecular weight excluding hydrogens is 467 g/mol. The van der Waals surface area contributed by atoms with E-state index in [1.165, 1.54) is 13.0 Å². The van der Waals surface area contributed by atoms with E-state index in [1.54, 1.807) is 0 Å². The van der Waals surface area contributed by atoms with Crippen LogP contribution in [-0.4, -0.2) is 34.5 Å². The van der Waals surface area contributed by atoms with Crippen LogP contribution in [0.1, 0.15) is 11.3 Å². The van der Waals surface area contributed by atoms with Crippen LogP contribution in [0.3, 0.4) is 0 Å². The van der Waals surface area contributed by atoms with Crippen LogP contribution in [0, 0.1) is 6.92 Å². The van der Waals surface area contributed by atoms with E-state index in [9.17, 15) is 35.5 Å². The smallest absolute Gasteiger partial charge is 0.460 e. The highest BCUT2D eigenvalue weighted by atomic mass is 35.5. The third-order valence-corrected chi connectivity index (χ3v) is 5.72. The normalized spacial score (nSPS) is 17.1. The van der Waals surface area contributed by atoms with E-state index in [-0.39, 0.29) is 33.4 Å². The second kappa shape index (κ2) is 7.15. The zero-order chi connectivity index (χ0) is 22.6. The molecule has 0 saturated heterocycles. The molecule has 1 atom stereocenters. The van der Waals surface area contributed by atoms with Crippen LogP contribution in [0.25, 0.3) is 0 Å². The molecule has 1 aromatic carbocycles. The highest BCUT2D eigenvalue weighted by Crippen LogP contribution is 2.56. The first-order valence-electron chi connectivity index (χ1n) is 7.99. The van der Waals surface area contributed by atoms with Gasteiger partial charge in [-0.05, 0) is 36.2 Å². The molecule has 1 aromatic heterocycles. The minimum atomic E-state index is -6.55. The second-order valence-corrected chi connectivity index (χ2v) is 7.50. The van der Waals surface area contributed by atoms with Crippen molar-refractivity contribution in [1.29, 1.82) is 0 Å². The van der Waals surface area contributed by atoms with Gasteiger partial charge in [0, 0.05) is 0 Å². The molecule has 2 aromatic rings. The number of aryl methyl sites for hydroxylation is 1. The zero-order valence-corrected chi connectivity index (χ0v) is 16.3. The van der Waals surface area contributed by atoms with Crippen molar-refractivity contribution in [2.24, 2.45) is 5.73 Å². The SMILES string of the molecule is Cc1nsc(N2c3cc(CC(N)=O)ccc3OC2C(F)(F)C(F)(F)C(F)(F)F)c1Cl. The summed E-state index contributed by atoms with van der Waals surface area (Å²) in [6.45, 7) is 1.39. The summed E-state index contributed by atoms with van der Waals surface area (Å²) in [4.78, 5) is 11.6. The number of hydrogen-bond acceptors (Lipinski definition) is 5. The van der Waals surface area contributed by atoms with Crippen LogP contribution in [-0.2, 0) is 11.2 Å². The minimum absolute atomic E-state index is 0.142. The number of benzene rings is 1. The fourth-order valence-electron chi connectivity index (χ4n) is 2.75. The monoisotopic (exact) mass is 477 g/mol. The lowest BCUT2D eigenvalue weighted by Crippen LogP contribution is -2.62. The van der Waals surface area contributed by atoms with Crippen LogP contribution in [0.2, 0.25) is 5.02 Å². The molecule has 0 saturated carbocycles. The maximum absolute atomic E-state index is 14.6. The Morgan fingerprint density at radius 1 is 1.27 bits per heavy atom. The number of halogens is 8. The number of alkyl halides is 7. The van der Waals surface area contributed by atoms with E-state index in [2.05, 4.69) is 4.37 Å². The van der Waals surface area contributed by atoms with Crippen LogP contribution in [0.15, 0.2) is 18.2 Å². The van der Waals surface area contributed by atoms with Crippen LogP contribution in [0.5, 0.6) is 5.75 Å². The summed E-state index contributed by atoms with van der Waals surface area (Å²) in [6, 6.07) is 3.42. The summed E-state index contributed by atoms with van der Waals surface area (Å²) in [5.41, 5.74) is 5.13. The number of aromatic nitrogens is 1. The average Bonchev–Trinajstić information content (AvgIpc) is 3.14. The molecule has 2 heterocycles. The summed E-state index contributed by atoms with van der Waals surface area (Å²) in [5.74, 6) is -13.3. The lowest BCUT2D eigenvalue weighted by molar-refractivity contribution is -0.367. The molecular formula is C16H11ClF7N3O2S. The van der Waals surface area contributed by atoms with E-state index in [1.807, 2.05) is 0 Å². The Kier molecular flexibility index (Phi) is 5.34. The first-order valence-corrected chi connectivity index (χ1v) is 9.15. The third kappa shape index (κ3) is 3.43. The largest absolute Gasteiger partial charge is 0.461 e. The molecule has 0 radical (unpaired) electrons. The van der Waals surface area contributed by atoms with Gasteiger partial charge in [-0.1, -0.05) is 17.7 Å². The lowest BCUT2D eigenvalue weighted by Gasteiger charge is -2.35. The van der Waals surface area contributed by atoms with Gasteiger partial charge in [0.25, 0.3) is 0 Å². The fraction of sp³-hybridized carbons (Fsp3) is 0.375. The Morgan fingerprint density at radius 3 is 2.40 bits per heavy atom. The van der Waals surface area contributed by atoms with Crippen molar-refractivity contribution < 1.29 is 40.3 Å². The summed E-state index contributed by atoms with van der Waals surface area (Å²) in [7, 11) is 0. The molecule has 1 unspecified atom stereocenters. The number of carbonyl (C=O) groups is 1. The lowest BCUT2D eigenvalue weighted by atomic mass is 10.1. The van der Waals surface area contributed by atoms with Crippen molar-refractivity contribution in [2.75, 3.05) is 4.90 Å². The number of hydrogen-bond donors (Lipinski definition) is 1. The van der Waals surface area contributed by atoms with E-state index in [0.717, 1.165) is 12.1 Å². The molecule has 30 heavy (non-hydrogen) atoms. The summed E-state index contributed by atoms with van der Waals surface area (Å²) in [5, 5.41) is -0.556. The topological polar surface area (TPSA) is 68.5 Å². The van der Waals surface area contributed by atoms with Gasteiger partial charge < -0.3 is 10.5 Å². The first-order chi connectivity index (χ1) is 13.7. The predicted molar refractivity (Wildman–Crippen MR) is 93.7 cm³/mol. The highest BCUT2D eigenvalue weighted by Gasteiger charge is 2.78. The van der Waals surface area contributed by atoms with Gasteiger partial charge in [-0.3, -0.25) is 9.69 Å². The van der Waals surface area contributed by atoms with Crippen LogP contribution in [0.4, 0.5) is 41.4 Å². The Hall–Kier alpha value is -2.28. The van der Waals surface area contributed by atoms with Gasteiger partial charge in [-0.25, -0.2) is 0 Å². The molecule has 3 rings (SSSR count). The van der Waals surface area contributed by atoms with Crippen LogP contribution < -0.4 is 15.4 Å². The summed E-state index contributed by atoms with van der Waals surface area (Å²) < 4.78 is 104. The first kappa shape index (κ1) is 22.4. The number of nitrogens with two attached hydrogens (primary N) is 1. The van der Waals surface area contributed by atoms with Crippen molar-refractivity contribution >= 4 is 39.7 Å². The minimum Gasteiger partial charge on any atom is -0.461 e. The van der Waals surface area contributed by atoms with Gasteiger partial charge in [-0.2, -0.15) is 35.1 Å². The fourth-order valence-corrected chi connectivity index (χ4v) is 3.87. The highest BCUT2D eigenvalue weighted by molar-refractivity contribution is 7.11. The quantitative estimate of drug-likeness (QED) is 0.627. The van der Waals surface area contributed by atoms with Gasteiger partial charge >= 0.3 is 18.0 Å².